The molecule has 0 aliphatic carbocycles. The molecule has 0 fully saturated rings. The van der Waals surface area contributed by atoms with Gasteiger partial charge in [-0.05, 0) is 12.5 Å². The molecule has 104 valence electrons. The molecule has 0 amide bonds. The van der Waals surface area contributed by atoms with E-state index in [9.17, 15) is 4.39 Å². The monoisotopic (exact) mass is 285 g/mol. The molecule has 0 saturated carbocycles. The number of rotatable bonds is 5. The largest absolute Gasteiger partial charge is 0.383 e. The van der Waals surface area contributed by atoms with Crippen LogP contribution in [0.4, 0.5) is 10.3 Å². The van der Waals surface area contributed by atoms with Gasteiger partial charge in [-0.15, -0.1) is 0 Å². The van der Waals surface area contributed by atoms with Gasteiger partial charge in [-0.3, -0.25) is 0 Å². The molecule has 2 rings (SSSR count). The Labute approximate surface area is 116 Å². The maximum absolute atomic E-state index is 13.6. The molecule has 1 heterocycles. The van der Waals surface area contributed by atoms with Crippen molar-refractivity contribution < 1.29 is 9.13 Å². The lowest BCUT2D eigenvalue weighted by atomic mass is 10.1. The Kier molecular flexibility index (Phi) is 4.27. The van der Waals surface area contributed by atoms with Crippen molar-refractivity contribution in [3.05, 3.63) is 23.0 Å². The van der Waals surface area contributed by atoms with Crippen molar-refractivity contribution in [1.82, 2.24) is 9.55 Å². The molecule has 0 bridgehead atoms. The summed E-state index contributed by atoms with van der Waals surface area (Å²) >= 11 is 5.76. The average molecular weight is 286 g/mol. The van der Waals surface area contributed by atoms with Crippen LogP contribution in [0.25, 0.3) is 11.0 Å². The minimum absolute atomic E-state index is 0.0422. The lowest BCUT2D eigenvalue weighted by Gasteiger charge is -2.19. The van der Waals surface area contributed by atoms with Crippen LogP contribution in [0.5, 0.6) is 0 Å². The van der Waals surface area contributed by atoms with Gasteiger partial charge in [0.2, 0.25) is 5.95 Å². The zero-order valence-corrected chi connectivity index (χ0v) is 11.7. The van der Waals surface area contributed by atoms with E-state index in [0.717, 1.165) is 12.8 Å². The molecule has 1 aromatic carbocycles. The van der Waals surface area contributed by atoms with E-state index in [-0.39, 0.29) is 11.1 Å². The molecule has 6 heteroatoms. The molecule has 1 atom stereocenters. The van der Waals surface area contributed by atoms with Crippen LogP contribution in [0.2, 0.25) is 5.02 Å². The standard InChI is InChI=1S/C13H17ClFN3O/c1-3-4-8(7-19-2)18-12-6-10(15)9(14)5-11(12)17-13(18)16/h5-6,8H,3-4,7H2,1-2H3,(H2,16,17). The number of halogens is 2. The first-order chi connectivity index (χ1) is 9.08. The summed E-state index contributed by atoms with van der Waals surface area (Å²) in [6, 6.07) is 2.91. The molecule has 4 nitrogen and oxygen atoms in total. The predicted molar refractivity (Wildman–Crippen MR) is 74.9 cm³/mol. The molecule has 1 unspecified atom stereocenters. The highest BCUT2D eigenvalue weighted by Crippen LogP contribution is 2.29. The quantitative estimate of drug-likeness (QED) is 0.916. The van der Waals surface area contributed by atoms with Gasteiger partial charge in [0.25, 0.3) is 0 Å². The molecule has 0 aliphatic heterocycles. The van der Waals surface area contributed by atoms with Gasteiger partial charge in [0.05, 0.1) is 28.7 Å². The molecule has 0 spiro atoms. The van der Waals surface area contributed by atoms with Crippen LogP contribution in [-0.2, 0) is 4.74 Å². The number of nitrogens with zero attached hydrogens (tertiary/aromatic N) is 2. The summed E-state index contributed by atoms with van der Waals surface area (Å²) in [6.07, 6.45) is 1.86. The van der Waals surface area contributed by atoms with E-state index >= 15 is 0 Å². The third kappa shape index (κ3) is 2.67. The summed E-state index contributed by atoms with van der Waals surface area (Å²) < 4.78 is 20.7. The van der Waals surface area contributed by atoms with Gasteiger partial charge in [0.15, 0.2) is 0 Å². The minimum atomic E-state index is -0.469. The summed E-state index contributed by atoms with van der Waals surface area (Å²) in [7, 11) is 1.63. The van der Waals surface area contributed by atoms with Crippen molar-refractivity contribution >= 4 is 28.6 Å². The molecule has 2 aromatic rings. The lowest BCUT2D eigenvalue weighted by Crippen LogP contribution is -2.16. The SMILES string of the molecule is CCCC(COC)n1c(N)nc2cc(Cl)c(F)cc21. The second-order valence-corrected chi connectivity index (χ2v) is 4.90. The van der Waals surface area contributed by atoms with Crippen molar-refractivity contribution in [3.8, 4) is 0 Å². The van der Waals surface area contributed by atoms with E-state index in [0.29, 0.717) is 23.6 Å². The van der Waals surface area contributed by atoms with Gasteiger partial charge >= 0.3 is 0 Å². The second kappa shape index (κ2) is 5.75. The number of nitrogens with two attached hydrogens (primary N) is 1. The van der Waals surface area contributed by atoms with Crippen molar-refractivity contribution in [2.45, 2.75) is 25.8 Å². The molecular weight excluding hydrogens is 269 g/mol. The fourth-order valence-electron chi connectivity index (χ4n) is 2.31. The van der Waals surface area contributed by atoms with Crippen LogP contribution in [0.1, 0.15) is 25.8 Å². The number of fused-ring (bicyclic) bond motifs is 1. The number of hydrogen-bond acceptors (Lipinski definition) is 3. The third-order valence-electron chi connectivity index (χ3n) is 3.10. The Morgan fingerprint density at radius 1 is 1.53 bits per heavy atom. The fraction of sp³-hybridized carbons (Fsp3) is 0.462. The molecule has 2 N–H and O–H groups in total. The van der Waals surface area contributed by atoms with Crippen molar-refractivity contribution in [3.63, 3.8) is 0 Å². The Morgan fingerprint density at radius 3 is 2.89 bits per heavy atom. The molecule has 0 saturated heterocycles. The maximum atomic E-state index is 13.6. The van der Waals surface area contributed by atoms with E-state index in [1.807, 2.05) is 4.57 Å². The first kappa shape index (κ1) is 14.1. The molecule has 19 heavy (non-hydrogen) atoms. The smallest absolute Gasteiger partial charge is 0.201 e. The Morgan fingerprint density at radius 2 is 2.26 bits per heavy atom. The topological polar surface area (TPSA) is 53.1 Å². The normalized spacial score (nSPS) is 13.1. The highest BCUT2D eigenvalue weighted by molar-refractivity contribution is 6.31. The predicted octanol–water partition coefficient (Wildman–Crippen LogP) is 3.40. The molecule has 0 radical (unpaired) electrons. The van der Waals surface area contributed by atoms with E-state index in [1.165, 1.54) is 12.1 Å². The lowest BCUT2D eigenvalue weighted by molar-refractivity contribution is 0.153. The van der Waals surface area contributed by atoms with E-state index in [4.69, 9.17) is 22.1 Å². The van der Waals surface area contributed by atoms with Gasteiger partial charge in [-0.1, -0.05) is 24.9 Å². The molecular formula is C13H17ClFN3O. The van der Waals surface area contributed by atoms with Gasteiger partial charge in [0, 0.05) is 13.2 Å². The number of imidazole rings is 1. The van der Waals surface area contributed by atoms with Gasteiger partial charge in [-0.2, -0.15) is 0 Å². The minimum Gasteiger partial charge on any atom is -0.383 e. The number of benzene rings is 1. The van der Waals surface area contributed by atoms with Crippen molar-refractivity contribution in [1.29, 1.82) is 0 Å². The van der Waals surface area contributed by atoms with Gasteiger partial charge in [-0.25, -0.2) is 9.37 Å². The number of aromatic nitrogens is 2. The van der Waals surface area contributed by atoms with E-state index in [2.05, 4.69) is 11.9 Å². The van der Waals surface area contributed by atoms with E-state index in [1.54, 1.807) is 7.11 Å². The van der Waals surface area contributed by atoms with Crippen LogP contribution in [0.3, 0.4) is 0 Å². The van der Waals surface area contributed by atoms with E-state index < -0.39 is 5.82 Å². The van der Waals surface area contributed by atoms with Crippen molar-refractivity contribution in [2.75, 3.05) is 19.5 Å². The Bertz CT molecular complexity index is 579. The van der Waals surface area contributed by atoms with Crippen LogP contribution < -0.4 is 5.73 Å². The fourth-order valence-corrected chi connectivity index (χ4v) is 2.46. The summed E-state index contributed by atoms with van der Waals surface area (Å²) in [6.45, 7) is 2.59. The first-order valence-corrected chi connectivity index (χ1v) is 6.57. The van der Waals surface area contributed by atoms with Crippen LogP contribution in [-0.4, -0.2) is 23.3 Å². The third-order valence-corrected chi connectivity index (χ3v) is 3.39. The molecule has 1 aromatic heterocycles. The number of hydrogen-bond donors (Lipinski definition) is 1. The summed E-state index contributed by atoms with van der Waals surface area (Å²) in [4.78, 5) is 4.23. The van der Waals surface area contributed by atoms with Crippen LogP contribution >= 0.6 is 11.6 Å². The van der Waals surface area contributed by atoms with Crippen molar-refractivity contribution in [2.24, 2.45) is 0 Å². The second-order valence-electron chi connectivity index (χ2n) is 4.49. The number of methoxy groups -OCH3 is 1. The zero-order valence-electron chi connectivity index (χ0n) is 11.0. The van der Waals surface area contributed by atoms with Crippen LogP contribution in [0, 0.1) is 5.82 Å². The van der Waals surface area contributed by atoms with Gasteiger partial charge in [0.1, 0.15) is 5.82 Å². The van der Waals surface area contributed by atoms with Crippen LogP contribution in [0.15, 0.2) is 12.1 Å². The van der Waals surface area contributed by atoms with Gasteiger partial charge < -0.3 is 15.0 Å². The number of nitrogen functional groups attached to an aromatic ring is 1. The highest BCUT2D eigenvalue weighted by atomic mass is 35.5. The zero-order chi connectivity index (χ0) is 14.0. The number of anilines is 1. The summed E-state index contributed by atoms with van der Waals surface area (Å²) in [5.74, 6) is -0.116. The first-order valence-electron chi connectivity index (χ1n) is 6.19. The maximum Gasteiger partial charge on any atom is 0.201 e. The summed E-state index contributed by atoms with van der Waals surface area (Å²) in [5.41, 5.74) is 7.19. The average Bonchev–Trinajstić information content (AvgIpc) is 2.65. The Balaban J connectivity index is 2.57. The highest BCUT2D eigenvalue weighted by Gasteiger charge is 2.18. The summed E-state index contributed by atoms with van der Waals surface area (Å²) in [5, 5.41) is 0.0518. The molecule has 0 aliphatic rings. The number of ether oxygens (including phenoxy) is 1. The Hall–Kier alpha value is -1.33.